The number of nitrogens with zero attached hydrogens (tertiary/aromatic N) is 2. The molecule has 0 amide bonds. The minimum Gasteiger partial charge on any atom is -0.353 e. The first-order chi connectivity index (χ1) is 6.36. The van der Waals surface area contributed by atoms with Crippen LogP contribution < -0.4 is 4.90 Å². The van der Waals surface area contributed by atoms with Gasteiger partial charge in [0, 0.05) is 18.8 Å². The van der Waals surface area contributed by atoms with Crippen LogP contribution in [0, 0.1) is 6.92 Å². The Labute approximate surface area is 78.9 Å². The van der Waals surface area contributed by atoms with Gasteiger partial charge < -0.3 is 4.90 Å². The average molecular weight is 174 g/mol. The van der Waals surface area contributed by atoms with E-state index >= 15 is 0 Å². The Morgan fingerprint density at radius 2 is 2.23 bits per heavy atom. The van der Waals surface area contributed by atoms with E-state index in [0.29, 0.717) is 0 Å². The normalized spacial score (nSPS) is 16.2. The third-order valence-corrected chi connectivity index (χ3v) is 2.26. The lowest BCUT2D eigenvalue weighted by Gasteiger charge is -2.24. The maximum absolute atomic E-state index is 4.49. The van der Waals surface area contributed by atoms with E-state index in [-0.39, 0.29) is 0 Å². The zero-order valence-electron chi connectivity index (χ0n) is 7.90. The molecule has 0 atom stereocenters. The molecular weight excluding hydrogens is 160 g/mol. The van der Waals surface area contributed by atoms with Crippen molar-refractivity contribution in [2.75, 3.05) is 18.0 Å². The Kier molecular flexibility index (Phi) is 2.30. The van der Waals surface area contributed by atoms with Crippen molar-refractivity contribution >= 4 is 5.82 Å². The van der Waals surface area contributed by atoms with E-state index in [2.05, 4.69) is 34.2 Å². The SMILES string of the molecule is Cc1cccc(N2CC=CCC2)n1. The lowest BCUT2D eigenvalue weighted by atomic mass is 10.2. The molecule has 1 aliphatic heterocycles. The maximum atomic E-state index is 4.49. The molecule has 2 heterocycles. The molecule has 68 valence electrons. The number of anilines is 1. The van der Waals surface area contributed by atoms with Gasteiger partial charge in [-0.05, 0) is 25.5 Å². The van der Waals surface area contributed by atoms with Gasteiger partial charge in [0.1, 0.15) is 5.82 Å². The highest BCUT2D eigenvalue weighted by Crippen LogP contribution is 2.13. The Balaban J connectivity index is 2.20. The van der Waals surface area contributed by atoms with Gasteiger partial charge in [0.15, 0.2) is 0 Å². The molecule has 0 unspecified atom stereocenters. The Morgan fingerprint density at radius 1 is 1.31 bits per heavy atom. The van der Waals surface area contributed by atoms with Crippen LogP contribution in [0.15, 0.2) is 30.4 Å². The molecule has 1 aromatic heterocycles. The summed E-state index contributed by atoms with van der Waals surface area (Å²) >= 11 is 0. The smallest absolute Gasteiger partial charge is 0.129 e. The van der Waals surface area contributed by atoms with Crippen LogP contribution in [0.3, 0.4) is 0 Å². The van der Waals surface area contributed by atoms with Crippen molar-refractivity contribution in [3.8, 4) is 0 Å². The Morgan fingerprint density at radius 3 is 2.92 bits per heavy atom. The highest BCUT2D eigenvalue weighted by Gasteiger charge is 2.07. The van der Waals surface area contributed by atoms with Crippen LogP contribution in [-0.4, -0.2) is 18.1 Å². The predicted octanol–water partition coefficient (Wildman–Crippen LogP) is 2.16. The third-order valence-electron chi connectivity index (χ3n) is 2.26. The second kappa shape index (κ2) is 3.60. The summed E-state index contributed by atoms with van der Waals surface area (Å²) in [5.41, 5.74) is 1.09. The number of rotatable bonds is 1. The van der Waals surface area contributed by atoms with Gasteiger partial charge in [0.05, 0.1) is 0 Å². The summed E-state index contributed by atoms with van der Waals surface area (Å²) in [5, 5.41) is 0. The fourth-order valence-electron chi connectivity index (χ4n) is 1.55. The zero-order chi connectivity index (χ0) is 9.10. The molecule has 0 radical (unpaired) electrons. The first-order valence-electron chi connectivity index (χ1n) is 4.70. The molecule has 13 heavy (non-hydrogen) atoms. The van der Waals surface area contributed by atoms with Crippen LogP contribution in [-0.2, 0) is 0 Å². The summed E-state index contributed by atoms with van der Waals surface area (Å²) in [5.74, 6) is 1.10. The molecular formula is C11H14N2. The lowest BCUT2D eigenvalue weighted by molar-refractivity contribution is 0.803. The zero-order valence-corrected chi connectivity index (χ0v) is 7.90. The van der Waals surface area contributed by atoms with Crippen molar-refractivity contribution in [3.05, 3.63) is 36.0 Å². The van der Waals surface area contributed by atoms with E-state index in [1.807, 2.05) is 13.0 Å². The first kappa shape index (κ1) is 8.30. The van der Waals surface area contributed by atoms with E-state index in [4.69, 9.17) is 0 Å². The van der Waals surface area contributed by atoms with Crippen LogP contribution in [0.5, 0.6) is 0 Å². The van der Waals surface area contributed by atoms with Gasteiger partial charge in [0.2, 0.25) is 0 Å². The van der Waals surface area contributed by atoms with Crippen LogP contribution in [0.4, 0.5) is 5.82 Å². The third kappa shape index (κ3) is 1.89. The fourth-order valence-corrected chi connectivity index (χ4v) is 1.55. The summed E-state index contributed by atoms with van der Waals surface area (Å²) in [6.07, 6.45) is 5.56. The molecule has 1 aromatic rings. The van der Waals surface area contributed by atoms with Crippen molar-refractivity contribution in [2.24, 2.45) is 0 Å². The van der Waals surface area contributed by atoms with Crippen molar-refractivity contribution in [1.82, 2.24) is 4.98 Å². The Bertz CT molecular complexity index is 318. The molecule has 0 fully saturated rings. The highest BCUT2D eigenvalue weighted by molar-refractivity contribution is 5.40. The van der Waals surface area contributed by atoms with Gasteiger partial charge in [-0.1, -0.05) is 18.2 Å². The van der Waals surface area contributed by atoms with Crippen LogP contribution in [0.25, 0.3) is 0 Å². The van der Waals surface area contributed by atoms with Gasteiger partial charge in [-0.25, -0.2) is 4.98 Å². The monoisotopic (exact) mass is 174 g/mol. The molecule has 0 saturated heterocycles. The van der Waals surface area contributed by atoms with Gasteiger partial charge >= 0.3 is 0 Å². The predicted molar refractivity (Wildman–Crippen MR) is 54.9 cm³/mol. The van der Waals surface area contributed by atoms with E-state index in [9.17, 15) is 0 Å². The molecule has 2 rings (SSSR count). The number of hydrogen-bond donors (Lipinski definition) is 0. The van der Waals surface area contributed by atoms with Crippen LogP contribution in [0.2, 0.25) is 0 Å². The van der Waals surface area contributed by atoms with Crippen LogP contribution >= 0.6 is 0 Å². The quantitative estimate of drug-likeness (QED) is 0.606. The summed E-state index contributed by atoms with van der Waals surface area (Å²) in [6, 6.07) is 6.17. The molecule has 0 aromatic carbocycles. The van der Waals surface area contributed by atoms with Crippen molar-refractivity contribution < 1.29 is 0 Å². The average Bonchev–Trinajstić information content (AvgIpc) is 2.19. The topological polar surface area (TPSA) is 16.1 Å². The maximum Gasteiger partial charge on any atom is 0.129 e. The second-order valence-corrected chi connectivity index (χ2v) is 3.34. The highest BCUT2D eigenvalue weighted by atomic mass is 15.2. The second-order valence-electron chi connectivity index (χ2n) is 3.34. The van der Waals surface area contributed by atoms with Gasteiger partial charge in [0.25, 0.3) is 0 Å². The van der Waals surface area contributed by atoms with Crippen molar-refractivity contribution in [2.45, 2.75) is 13.3 Å². The summed E-state index contributed by atoms with van der Waals surface area (Å²) < 4.78 is 0. The molecule has 0 saturated carbocycles. The summed E-state index contributed by atoms with van der Waals surface area (Å²) in [7, 11) is 0. The molecule has 2 heteroatoms. The minimum absolute atomic E-state index is 0.996. The number of aromatic nitrogens is 1. The van der Waals surface area contributed by atoms with Gasteiger partial charge in [-0.15, -0.1) is 0 Å². The van der Waals surface area contributed by atoms with E-state index in [1.54, 1.807) is 0 Å². The van der Waals surface area contributed by atoms with Crippen molar-refractivity contribution in [3.63, 3.8) is 0 Å². The molecule has 0 spiro atoms. The lowest BCUT2D eigenvalue weighted by Crippen LogP contribution is -2.27. The Hall–Kier alpha value is -1.31. The van der Waals surface area contributed by atoms with E-state index < -0.39 is 0 Å². The molecule has 2 nitrogen and oxygen atoms in total. The number of aryl methyl sites for hydroxylation is 1. The van der Waals surface area contributed by atoms with Crippen molar-refractivity contribution in [1.29, 1.82) is 0 Å². The van der Waals surface area contributed by atoms with Crippen LogP contribution in [0.1, 0.15) is 12.1 Å². The number of hydrogen-bond acceptors (Lipinski definition) is 2. The largest absolute Gasteiger partial charge is 0.353 e. The summed E-state index contributed by atoms with van der Waals surface area (Å²) in [4.78, 5) is 6.79. The van der Waals surface area contributed by atoms with Gasteiger partial charge in [-0.3, -0.25) is 0 Å². The molecule has 1 aliphatic rings. The fraction of sp³-hybridized carbons (Fsp3) is 0.364. The molecule has 0 N–H and O–H groups in total. The van der Waals surface area contributed by atoms with E-state index in [1.165, 1.54) is 0 Å². The minimum atomic E-state index is 0.996. The first-order valence-corrected chi connectivity index (χ1v) is 4.70. The van der Waals surface area contributed by atoms with E-state index in [0.717, 1.165) is 31.0 Å². The summed E-state index contributed by atoms with van der Waals surface area (Å²) in [6.45, 7) is 4.12. The molecule has 0 aliphatic carbocycles. The number of pyridine rings is 1. The molecule has 0 bridgehead atoms. The van der Waals surface area contributed by atoms with Gasteiger partial charge in [-0.2, -0.15) is 0 Å². The standard InChI is InChI=1S/C11H14N2/c1-10-6-5-7-11(12-10)13-8-3-2-4-9-13/h2-3,5-7H,4,8-9H2,1H3.